The normalized spacial score (nSPS) is 15.4. The number of hydrogen-bond acceptors (Lipinski definition) is 2. The number of aliphatic hydroxyl groups is 2. The molecule has 0 atom stereocenters. The summed E-state index contributed by atoms with van der Waals surface area (Å²) in [6, 6.07) is 0. The average molecular weight is 262 g/mol. The summed E-state index contributed by atoms with van der Waals surface area (Å²) in [6.45, 7) is -5.48. The Hall–Kier alpha value is -0.640. The minimum atomic E-state index is -6.50. The van der Waals surface area contributed by atoms with Crippen molar-refractivity contribution in [3.8, 4) is 0 Å². The molecular formula is C6H6F8O2. The van der Waals surface area contributed by atoms with Gasteiger partial charge < -0.3 is 10.2 Å². The zero-order valence-electron chi connectivity index (χ0n) is 7.33. The van der Waals surface area contributed by atoms with Crippen LogP contribution >= 0.6 is 0 Å². The van der Waals surface area contributed by atoms with Crippen LogP contribution in [0.4, 0.5) is 35.1 Å². The maximum atomic E-state index is 12.4. The van der Waals surface area contributed by atoms with Crippen molar-refractivity contribution < 1.29 is 45.3 Å². The first kappa shape index (κ1) is 15.4. The third kappa shape index (κ3) is 1.95. The fraction of sp³-hybridized carbons (Fsp3) is 1.00. The van der Waals surface area contributed by atoms with E-state index < -0.39 is 36.9 Å². The molecule has 0 heterocycles. The number of rotatable bonds is 5. The number of aliphatic hydroxyl groups excluding tert-OH is 2. The second kappa shape index (κ2) is 3.99. The van der Waals surface area contributed by atoms with E-state index in [1.165, 1.54) is 0 Å². The van der Waals surface area contributed by atoms with Crippen molar-refractivity contribution in [1.29, 1.82) is 0 Å². The largest absolute Gasteiger partial charge is 0.390 e. The fourth-order valence-corrected chi connectivity index (χ4v) is 0.658. The zero-order valence-corrected chi connectivity index (χ0v) is 7.33. The lowest BCUT2D eigenvalue weighted by Gasteiger charge is -2.35. The third-order valence-corrected chi connectivity index (χ3v) is 1.71. The van der Waals surface area contributed by atoms with E-state index in [4.69, 9.17) is 10.2 Å². The highest BCUT2D eigenvalue weighted by atomic mass is 19.4. The summed E-state index contributed by atoms with van der Waals surface area (Å²) < 4.78 is 98.4. The van der Waals surface area contributed by atoms with E-state index in [9.17, 15) is 35.1 Å². The summed E-state index contributed by atoms with van der Waals surface area (Å²) in [4.78, 5) is 0. The molecule has 0 fully saturated rings. The van der Waals surface area contributed by atoms with Crippen molar-refractivity contribution in [3.63, 3.8) is 0 Å². The lowest BCUT2D eigenvalue weighted by atomic mass is 9.99. The highest BCUT2D eigenvalue weighted by molar-refractivity contribution is 5.03. The van der Waals surface area contributed by atoms with Gasteiger partial charge >= 0.3 is 23.7 Å². The summed E-state index contributed by atoms with van der Waals surface area (Å²) in [5.41, 5.74) is 0. The van der Waals surface area contributed by atoms with Crippen LogP contribution in [0.2, 0.25) is 0 Å². The Morgan fingerprint density at radius 3 is 0.875 bits per heavy atom. The molecule has 0 unspecified atom stereocenters. The lowest BCUT2D eigenvalue weighted by molar-refractivity contribution is -0.373. The molecule has 98 valence electrons. The predicted octanol–water partition coefficient (Wildman–Crippen LogP) is 1.51. The van der Waals surface area contributed by atoms with Crippen molar-refractivity contribution in [3.05, 3.63) is 0 Å². The van der Waals surface area contributed by atoms with Gasteiger partial charge in [-0.25, -0.2) is 0 Å². The molecular weight excluding hydrogens is 256 g/mol. The molecule has 0 aromatic carbocycles. The molecule has 0 saturated heterocycles. The third-order valence-electron chi connectivity index (χ3n) is 1.71. The second-order valence-electron chi connectivity index (χ2n) is 2.87. The van der Waals surface area contributed by atoms with Gasteiger partial charge in [0, 0.05) is 0 Å². The molecule has 0 aromatic heterocycles. The lowest BCUT2D eigenvalue weighted by Crippen LogP contribution is -2.64. The van der Waals surface area contributed by atoms with Crippen LogP contribution in [0.25, 0.3) is 0 Å². The summed E-state index contributed by atoms with van der Waals surface area (Å²) in [7, 11) is 0. The first-order valence-electron chi connectivity index (χ1n) is 3.60. The van der Waals surface area contributed by atoms with Crippen LogP contribution in [0.5, 0.6) is 0 Å². The molecule has 2 nitrogen and oxygen atoms in total. The topological polar surface area (TPSA) is 40.5 Å². The molecule has 16 heavy (non-hydrogen) atoms. The van der Waals surface area contributed by atoms with Crippen LogP contribution in [0.15, 0.2) is 0 Å². The first-order chi connectivity index (χ1) is 6.87. The van der Waals surface area contributed by atoms with E-state index in [2.05, 4.69) is 0 Å². The Morgan fingerprint density at radius 2 is 0.750 bits per heavy atom. The van der Waals surface area contributed by atoms with Crippen LogP contribution in [-0.2, 0) is 0 Å². The van der Waals surface area contributed by atoms with Crippen molar-refractivity contribution in [2.75, 3.05) is 13.2 Å². The van der Waals surface area contributed by atoms with Crippen LogP contribution in [0, 0.1) is 0 Å². The molecule has 0 spiro atoms. The molecule has 0 aromatic rings. The minimum absolute atomic E-state index is 2.74. The molecule has 0 aliphatic rings. The van der Waals surface area contributed by atoms with Crippen molar-refractivity contribution >= 4 is 0 Å². The van der Waals surface area contributed by atoms with Crippen molar-refractivity contribution in [2.24, 2.45) is 0 Å². The molecule has 0 radical (unpaired) electrons. The number of halogens is 8. The smallest absolute Gasteiger partial charge is 0.380 e. The van der Waals surface area contributed by atoms with Gasteiger partial charge in [-0.05, 0) is 0 Å². The maximum absolute atomic E-state index is 12.4. The average Bonchev–Trinajstić information content (AvgIpc) is 2.16. The van der Waals surface area contributed by atoms with Gasteiger partial charge in [-0.15, -0.1) is 0 Å². The summed E-state index contributed by atoms with van der Waals surface area (Å²) >= 11 is 0. The standard InChI is InChI=1S/C6H6F8O2/c7-3(8,1-15)5(11,12)6(13,14)4(9,10)2-16/h15-16H,1-2H2. The van der Waals surface area contributed by atoms with Gasteiger partial charge in [0.15, 0.2) is 0 Å². The number of hydrogen-bond donors (Lipinski definition) is 2. The Morgan fingerprint density at radius 1 is 0.562 bits per heavy atom. The van der Waals surface area contributed by atoms with Crippen molar-refractivity contribution in [1.82, 2.24) is 0 Å². The van der Waals surface area contributed by atoms with E-state index in [-0.39, 0.29) is 0 Å². The highest BCUT2D eigenvalue weighted by Crippen LogP contribution is 2.52. The summed E-state index contributed by atoms with van der Waals surface area (Å²) in [5.74, 6) is -24.5. The zero-order chi connectivity index (χ0) is 13.4. The minimum Gasteiger partial charge on any atom is -0.390 e. The van der Waals surface area contributed by atoms with Gasteiger partial charge in [0.05, 0.1) is 0 Å². The molecule has 0 saturated carbocycles. The molecule has 0 aliphatic heterocycles. The Bertz CT molecular complexity index is 225. The fourth-order valence-electron chi connectivity index (χ4n) is 0.658. The first-order valence-corrected chi connectivity index (χ1v) is 3.60. The SMILES string of the molecule is OCC(F)(F)C(F)(F)C(F)(F)C(F)(F)CO. The van der Waals surface area contributed by atoms with Crippen LogP contribution in [0.3, 0.4) is 0 Å². The van der Waals surface area contributed by atoms with Gasteiger partial charge in [0.1, 0.15) is 13.2 Å². The second-order valence-corrected chi connectivity index (χ2v) is 2.87. The molecule has 0 bridgehead atoms. The van der Waals surface area contributed by atoms with Crippen LogP contribution in [0.1, 0.15) is 0 Å². The van der Waals surface area contributed by atoms with E-state index in [0.717, 1.165) is 0 Å². The summed E-state index contributed by atoms with van der Waals surface area (Å²) in [5, 5.41) is 15.5. The summed E-state index contributed by atoms with van der Waals surface area (Å²) in [6.07, 6.45) is 0. The van der Waals surface area contributed by atoms with E-state index in [1.54, 1.807) is 0 Å². The van der Waals surface area contributed by atoms with E-state index in [1.807, 2.05) is 0 Å². The molecule has 10 heteroatoms. The van der Waals surface area contributed by atoms with Gasteiger partial charge in [-0.1, -0.05) is 0 Å². The van der Waals surface area contributed by atoms with E-state index in [0.29, 0.717) is 0 Å². The van der Waals surface area contributed by atoms with Crippen molar-refractivity contribution in [2.45, 2.75) is 23.7 Å². The number of alkyl halides is 8. The Balaban J connectivity index is 5.46. The molecule has 0 amide bonds. The van der Waals surface area contributed by atoms with Crippen LogP contribution < -0.4 is 0 Å². The van der Waals surface area contributed by atoms with Gasteiger partial charge in [0.2, 0.25) is 0 Å². The van der Waals surface area contributed by atoms with Gasteiger partial charge in [-0.2, -0.15) is 35.1 Å². The Labute approximate surface area is 83.5 Å². The van der Waals surface area contributed by atoms with Gasteiger partial charge in [-0.3, -0.25) is 0 Å². The highest BCUT2D eigenvalue weighted by Gasteiger charge is 2.80. The van der Waals surface area contributed by atoms with Crippen LogP contribution in [-0.4, -0.2) is 47.1 Å². The molecule has 0 aliphatic carbocycles. The molecule has 2 N–H and O–H groups in total. The van der Waals surface area contributed by atoms with Gasteiger partial charge in [0.25, 0.3) is 0 Å². The quantitative estimate of drug-likeness (QED) is 0.737. The maximum Gasteiger partial charge on any atom is 0.380 e. The van der Waals surface area contributed by atoms with E-state index >= 15 is 0 Å². The molecule has 0 rings (SSSR count). The Kier molecular flexibility index (Phi) is 3.83. The predicted molar refractivity (Wildman–Crippen MR) is 34.0 cm³/mol. The monoisotopic (exact) mass is 262 g/mol.